The maximum atomic E-state index is 5.65. The molecular formula is C20H22O4S2. The van der Waals surface area contributed by atoms with E-state index in [1.165, 1.54) is 0 Å². The monoisotopic (exact) mass is 390 g/mol. The van der Waals surface area contributed by atoms with Gasteiger partial charge in [0.05, 0.1) is 14.2 Å². The Morgan fingerprint density at radius 3 is 1.50 bits per heavy atom. The van der Waals surface area contributed by atoms with Crippen LogP contribution in [0.25, 0.3) is 0 Å². The van der Waals surface area contributed by atoms with E-state index in [0.29, 0.717) is 36.2 Å². The Bertz CT molecular complexity index is 683. The van der Waals surface area contributed by atoms with E-state index < -0.39 is 0 Å². The average Bonchev–Trinajstić information content (AvgIpc) is 2.69. The molecule has 0 fully saturated rings. The normalized spacial score (nSPS) is 10.1. The molecule has 0 amide bonds. The molecule has 2 aromatic carbocycles. The van der Waals surface area contributed by atoms with E-state index in [1.807, 2.05) is 36.4 Å². The Labute approximate surface area is 162 Å². The Hall–Kier alpha value is -2.18. The summed E-state index contributed by atoms with van der Waals surface area (Å²) in [6.07, 6.45) is 3.41. The lowest BCUT2D eigenvalue weighted by atomic mass is 10.3. The van der Waals surface area contributed by atoms with Gasteiger partial charge in [-0.2, -0.15) is 0 Å². The zero-order valence-corrected chi connectivity index (χ0v) is 16.5. The van der Waals surface area contributed by atoms with Gasteiger partial charge in [0.25, 0.3) is 0 Å². The Balaban J connectivity index is 2.10. The average molecular weight is 391 g/mol. The molecule has 0 saturated heterocycles. The van der Waals surface area contributed by atoms with Crippen molar-refractivity contribution in [2.45, 2.75) is 9.79 Å². The quantitative estimate of drug-likeness (QED) is 0.365. The van der Waals surface area contributed by atoms with Gasteiger partial charge in [0.2, 0.25) is 0 Å². The van der Waals surface area contributed by atoms with Gasteiger partial charge in [0.1, 0.15) is 13.2 Å². The largest absolute Gasteiger partial charge is 0.493 e. The summed E-state index contributed by atoms with van der Waals surface area (Å²) >= 11 is 0. The summed E-state index contributed by atoms with van der Waals surface area (Å²) < 4.78 is 22.0. The van der Waals surface area contributed by atoms with Gasteiger partial charge in [-0.15, -0.1) is 0 Å². The number of rotatable bonds is 11. The molecule has 0 spiro atoms. The molecule has 0 aliphatic carbocycles. The van der Waals surface area contributed by atoms with Crippen LogP contribution >= 0.6 is 21.6 Å². The zero-order valence-electron chi connectivity index (χ0n) is 14.9. The van der Waals surface area contributed by atoms with Crippen molar-refractivity contribution in [3.05, 3.63) is 61.7 Å². The third-order valence-corrected chi connectivity index (χ3v) is 5.60. The van der Waals surface area contributed by atoms with Gasteiger partial charge in [-0.1, -0.05) is 46.9 Å². The Morgan fingerprint density at radius 2 is 1.15 bits per heavy atom. The van der Waals surface area contributed by atoms with Crippen molar-refractivity contribution in [3.8, 4) is 23.0 Å². The van der Waals surface area contributed by atoms with Crippen molar-refractivity contribution >= 4 is 21.6 Å². The molecule has 6 heteroatoms. The molecule has 0 heterocycles. The SMILES string of the molecule is C=CCOc1cc(SSc2ccc(OC)c(OCC=C)c2)ccc1OC. The molecule has 2 rings (SSSR count). The molecule has 0 bridgehead atoms. The summed E-state index contributed by atoms with van der Waals surface area (Å²) in [5.41, 5.74) is 0. The van der Waals surface area contributed by atoms with E-state index in [1.54, 1.807) is 48.0 Å². The molecule has 0 aliphatic rings. The topological polar surface area (TPSA) is 36.9 Å². The van der Waals surface area contributed by atoms with Crippen LogP contribution in [0, 0.1) is 0 Å². The fraction of sp³-hybridized carbons (Fsp3) is 0.200. The minimum atomic E-state index is 0.431. The summed E-state index contributed by atoms with van der Waals surface area (Å²) in [5.74, 6) is 2.79. The van der Waals surface area contributed by atoms with E-state index in [4.69, 9.17) is 18.9 Å². The van der Waals surface area contributed by atoms with Crippen molar-refractivity contribution in [2.24, 2.45) is 0 Å². The summed E-state index contributed by atoms with van der Waals surface area (Å²) in [4.78, 5) is 2.11. The number of hydrogen-bond donors (Lipinski definition) is 0. The van der Waals surface area contributed by atoms with Crippen LogP contribution < -0.4 is 18.9 Å². The minimum absolute atomic E-state index is 0.431. The first-order valence-corrected chi connectivity index (χ1v) is 10.0. The minimum Gasteiger partial charge on any atom is -0.493 e. The fourth-order valence-corrected chi connectivity index (χ4v) is 3.99. The first-order chi connectivity index (χ1) is 12.7. The van der Waals surface area contributed by atoms with Gasteiger partial charge in [-0.25, -0.2) is 0 Å². The second-order valence-electron chi connectivity index (χ2n) is 4.99. The number of ether oxygens (including phenoxy) is 4. The number of hydrogen-bond acceptors (Lipinski definition) is 6. The van der Waals surface area contributed by atoms with Gasteiger partial charge < -0.3 is 18.9 Å². The second kappa shape index (κ2) is 10.7. The highest BCUT2D eigenvalue weighted by atomic mass is 33.1. The third kappa shape index (κ3) is 5.68. The highest BCUT2D eigenvalue weighted by Crippen LogP contribution is 2.43. The maximum absolute atomic E-state index is 5.65. The predicted molar refractivity (Wildman–Crippen MR) is 109 cm³/mol. The summed E-state index contributed by atoms with van der Waals surface area (Å²) in [6, 6.07) is 11.7. The van der Waals surface area contributed by atoms with Crippen molar-refractivity contribution < 1.29 is 18.9 Å². The molecule has 0 N–H and O–H groups in total. The summed E-state index contributed by atoms with van der Waals surface area (Å²) in [6.45, 7) is 8.20. The number of methoxy groups -OCH3 is 2. The van der Waals surface area contributed by atoms with E-state index in [9.17, 15) is 0 Å². The first kappa shape index (κ1) is 20.1. The van der Waals surface area contributed by atoms with Gasteiger partial charge in [0.15, 0.2) is 23.0 Å². The second-order valence-corrected chi connectivity index (χ2v) is 7.27. The molecule has 138 valence electrons. The first-order valence-electron chi connectivity index (χ1n) is 7.89. The lowest BCUT2D eigenvalue weighted by Gasteiger charge is -2.12. The lowest BCUT2D eigenvalue weighted by molar-refractivity contribution is 0.325. The van der Waals surface area contributed by atoms with Crippen LogP contribution in [-0.2, 0) is 0 Å². The zero-order chi connectivity index (χ0) is 18.8. The predicted octanol–water partition coefficient (Wildman–Crippen LogP) is 5.63. The van der Waals surface area contributed by atoms with Crippen molar-refractivity contribution in [1.82, 2.24) is 0 Å². The molecular weight excluding hydrogens is 368 g/mol. The smallest absolute Gasteiger partial charge is 0.162 e. The van der Waals surface area contributed by atoms with Crippen LogP contribution in [0.1, 0.15) is 0 Å². The van der Waals surface area contributed by atoms with Gasteiger partial charge in [-0.05, 0) is 36.4 Å². The Morgan fingerprint density at radius 1 is 0.731 bits per heavy atom. The highest BCUT2D eigenvalue weighted by molar-refractivity contribution is 8.76. The molecule has 0 unspecified atom stereocenters. The molecule has 0 radical (unpaired) electrons. The van der Waals surface area contributed by atoms with Crippen molar-refractivity contribution in [3.63, 3.8) is 0 Å². The van der Waals surface area contributed by atoms with E-state index in [0.717, 1.165) is 9.79 Å². The van der Waals surface area contributed by atoms with Crippen LogP contribution in [0.3, 0.4) is 0 Å². The summed E-state index contributed by atoms with van der Waals surface area (Å²) in [5, 5.41) is 0. The Kier molecular flexibility index (Phi) is 8.31. The third-order valence-electron chi connectivity index (χ3n) is 3.22. The van der Waals surface area contributed by atoms with E-state index in [-0.39, 0.29) is 0 Å². The van der Waals surface area contributed by atoms with Crippen LogP contribution in [0.5, 0.6) is 23.0 Å². The molecule has 0 atom stereocenters. The maximum Gasteiger partial charge on any atom is 0.162 e. The van der Waals surface area contributed by atoms with Gasteiger partial charge in [-0.3, -0.25) is 0 Å². The van der Waals surface area contributed by atoms with Crippen LogP contribution in [0.2, 0.25) is 0 Å². The van der Waals surface area contributed by atoms with Crippen LogP contribution in [-0.4, -0.2) is 27.4 Å². The van der Waals surface area contributed by atoms with E-state index in [2.05, 4.69) is 13.2 Å². The fourth-order valence-electron chi connectivity index (χ4n) is 2.04. The lowest BCUT2D eigenvalue weighted by Crippen LogP contribution is -1.96. The molecule has 4 nitrogen and oxygen atoms in total. The molecule has 0 saturated carbocycles. The van der Waals surface area contributed by atoms with Gasteiger partial charge in [0, 0.05) is 9.79 Å². The molecule has 0 aromatic heterocycles. The van der Waals surface area contributed by atoms with E-state index >= 15 is 0 Å². The molecule has 2 aromatic rings. The van der Waals surface area contributed by atoms with Gasteiger partial charge >= 0.3 is 0 Å². The standard InChI is InChI=1S/C20H22O4S2/c1-5-11-23-19-13-15(7-9-17(19)21-3)25-26-16-8-10-18(22-4)20(14-16)24-12-6-2/h5-10,13-14H,1-2,11-12H2,3-4H3. The molecule has 0 aliphatic heterocycles. The van der Waals surface area contributed by atoms with Crippen LogP contribution in [0.15, 0.2) is 71.5 Å². The number of benzene rings is 2. The highest BCUT2D eigenvalue weighted by Gasteiger charge is 2.09. The van der Waals surface area contributed by atoms with Crippen molar-refractivity contribution in [2.75, 3.05) is 27.4 Å². The van der Waals surface area contributed by atoms with Crippen LogP contribution in [0.4, 0.5) is 0 Å². The van der Waals surface area contributed by atoms with Crippen molar-refractivity contribution in [1.29, 1.82) is 0 Å². The summed E-state index contributed by atoms with van der Waals surface area (Å²) in [7, 11) is 6.50. The molecule has 26 heavy (non-hydrogen) atoms.